The largest absolute Gasteiger partial charge is 0.295 e. The summed E-state index contributed by atoms with van der Waals surface area (Å²) in [5.41, 5.74) is 1.13. The van der Waals surface area contributed by atoms with Gasteiger partial charge in [0.15, 0.2) is 5.78 Å². The van der Waals surface area contributed by atoms with E-state index < -0.39 is 0 Å². The molecule has 0 unspecified atom stereocenters. The lowest BCUT2D eigenvalue weighted by molar-refractivity contribution is 0.0809. The zero-order valence-corrected chi connectivity index (χ0v) is 12.7. The average molecular weight is 310 g/mol. The Bertz CT molecular complexity index is 442. The second-order valence-corrected chi connectivity index (χ2v) is 6.74. The van der Waals surface area contributed by atoms with Gasteiger partial charge in [-0.3, -0.25) is 9.69 Å². The van der Waals surface area contributed by atoms with Gasteiger partial charge in [0.2, 0.25) is 0 Å². The summed E-state index contributed by atoms with van der Waals surface area (Å²) in [7, 11) is 0. The summed E-state index contributed by atoms with van der Waals surface area (Å²) in [6.07, 6.45) is 2.45. The van der Waals surface area contributed by atoms with Crippen molar-refractivity contribution in [2.24, 2.45) is 5.41 Å². The maximum Gasteiger partial charge on any atom is 0.177 e. The van der Waals surface area contributed by atoms with E-state index in [-0.39, 0.29) is 5.78 Å². The fourth-order valence-corrected chi connectivity index (χ4v) is 3.16. The maximum absolute atomic E-state index is 12.3. The zero-order chi connectivity index (χ0) is 13.2. The number of halogens is 1. The van der Waals surface area contributed by atoms with E-state index in [9.17, 15) is 4.79 Å². The van der Waals surface area contributed by atoms with Crippen LogP contribution < -0.4 is 0 Å². The Morgan fingerprint density at radius 1 is 1.39 bits per heavy atom. The molecule has 0 spiro atoms. The number of carbonyl (C=O) groups excluding carboxylic acids is 1. The fourth-order valence-electron chi connectivity index (χ4n) is 2.66. The van der Waals surface area contributed by atoms with Crippen LogP contribution in [0.5, 0.6) is 0 Å². The van der Waals surface area contributed by atoms with Crippen LogP contribution >= 0.6 is 15.9 Å². The monoisotopic (exact) mass is 309 g/mol. The topological polar surface area (TPSA) is 20.3 Å². The lowest BCUT2D eigenvalue weighted by Gasteiger charge is -2.37. The minimum absolute atomic E-state index is 0.208. The summed E-state index contributed by atoms with van der Waals surface area (Å²) in [5.74, 6) is 0.208. The first-order valence-electron chi connectivity index (χ1n) is 6.48. The molecule has 1 aromatic rings. The molecular weight excluding hydrogens is 290 g/mol. The fraction of sp³-hybridized carbons (Fsp3) is 0.533. The third-order valence-electron chi connectivity index (χ3n) is 3.52. The van der Waals surface area contributed by atoms with Gasteiger partial charge in [0, 0.05) is 16.6 Å². The lowest BCUT2D eigenvalue weighted by Crippen LogP contribution is -2.42. The number of piperidine rings is 1. The molecule has 2 rings (SSSR count). The van der Waals surface area contributed by atoms with Gasteiger partial charge in [-0.15, -0.1) is 0 Å². The molecule has 1 aromatic carbocycles. The molecule has 3 heteroatoms. The van der Waals surface area contributed by atoms with Crippen LogP contribution in [0.2, 0.25) is 0 Å². The van der Waals surface area contributed by atoms with Crippen molar-refractivity contribution in [1.29, 1.82) is 0 Å². The Balaban J connectivity index is 2.02. The molecule has 18 heavy (non-hydrogen) atoms. The molecule has 2 nitrogen and oxygen atoms in total. The van der Waals surface area contributed by atoms with Crippen molar-refractivity contribution in [1.82, 2.24) is 4.90 Å². The number of benzene rings is 1. The van der Waals surface area contributed by atoms with Gasteiger partial charge in [0.25, 0.3) is 0 Å². The predicted octanol–water partition coefficient (Wildman–Crippen LogP) is 3.75. The Morgan fingerprint density at radius 2 is 2.11 bits per heavy atom. The highest BCUT2D eigenvalue weighted by Gasteiger charge is 2.27. The Labute approximate surface area is 117 Å². The summed E-state index contributed by atoms with van der Waals surface area (Å²) in [6.45, 7) is 7.15. The first kappa shape index (κ1) is 13.8. The number of hydrogen-bond acceptors (Lipinski definition) is 2. The molecule has 0 bridgehead atoms. The molecule has 0 N–H and O–H groups in total. The predicted molar refractivity (Wildman–Crippen MR) is 77.9 cm³/mol. The molecule has 0 aliphatic carbocycles. The smallest absolute Gasteiger partial charge is 0.177 e. The summed E-state index contributed by atoms with van der Waals surface area (Å²) in [4.78, 5) is 14.6. The van der Waals surface area contributed by atoms with Gasteiger partial charge in [-0.25, -0.2) is 0 Å². The summed E-state index contributed by atoms with van der Waals surface area (Å²) >= 11 is 3.44. The molecule has 98 valence electrons. The molecule has 0 amide bonds. The zero-order valence-electron chi connectivity index (χ0n) is 11.1. The van der Waals surface area contributed by atoms with Crippen LogP contribution in [0.1, 0.15) is 37.0 Å². The van der Waals surface area contributed by atoms with Crippen molar-refractivity contribution in [2.75, 3.05) is 19.6 Å². The van der Waals surface area contributed by atoms with Gasteiger partial charge in [-0.05, 0) is 30.9 Å². The van der Waals surface area contributed by atoms with Crippen molar-refractivity contribution in [2.45, 2.75) is 26.7 Å². The molecule has 1 saturated heterocycles. The molecule has 1 heterocycles. The molecule has 1 aliphatic heterocycles. The van der Waals surface area contributed by atoms with Crippen LogP contribution in [-0.2, 0) is 0 Å². The van der Waals surface area contributed by atoms with E-state index in [1.165, 1.54) is 12.8 Å². The number of carbonyl (C=O) groups is 1. The Kier molecular flexibility index (Phi) is 4.23. The van der Waals surface area contributed by atoms with E-state index in [1.54, 1.807) is 0 Å². The highest BCUT2D eigenvalue weighted by atomic mass is 79.9. The highest BCUT2D eigenvalue weighted by Crippen LogP contribution is 2.28. The Hall–Kier alpha value is -0.670. The molecule has 1 aliphatic rings. The van der Waals surface area contributed by atoms with Crippen molar-refractivity contribution in [3.63, 3.8) is 0 Å². The lowest BCUT2D eigenvalue weighted by atomic mass is 9.84. The number of likely N-dealkylation sites (tertiary alicyclic amines) is 1. The van der Waals surface area contributed by atoms with Crippen LogP contribution in [-0.4, -0.2) is 30.3 Å². The van der Waals surface area contributed by atoms with Gasteiger partial charge in [-0.2, -0.15) is 0 Å². The summed E-state index contributed by atoms with van der Waals surface area (Å²) < 4.78 is 0.895. The molecule has 0 atom stereocenters. The summed E-state index contributed by atoms with van der Waals surface area (Å²) in [6, 6.07) is 7.66. The van der Waals surface area contributed by atoms with Gasteiger partial charge in [0.1, 0.15) is 0 Å². The minimum atomic E-state index is 0.208. The third-order valence-corrected chi connectivity index (χ3v) is 4.21. The number of nitrogens with zero attached hydrogens (tertiary/aromatic N) is 1. The molecule has 0 aromatic heterocycles. The van der Waals surface area contributed by atoms with E-state index >= 15 is 0 Å². The standard InChI is InChI=1S/C15H20BrNO/c1-15(2)8-5-9-17(11-15)10-14(18)12-6-3-4-7-13(12)16/h3-4,6-7H,5,8-11H2,1-2H3. The quantitative estimate of drug-likeness (QED) is 0.793. The van der Waals surface area contributed by atoms with E-state index in [0.717, 1.165) is 23.1 Å². The summed E-state index contributed by atoms with van der Waals surface area (Å²) in [5, 5.41) is 0. The van der Waals surface area contributed by atoms with E-state index in [4.69, 9.17) is 0 Å². The first-order chi connectivity index (χ1) is 8.48. The first-order valence-corrected chi connectivity index (χ1v) is 7.27. The minimum Gasteiger partial charge on any atom is -0.295 e. The second-order valence-electron chi connectivity index (χ2n) is 5.88. The SMILES string of the molecule is CC1(C)CCCN(CC(=O)c2ccccc2Br)C1. The molecule has 0 radical (unpaired) electrons. The van der Waals surface area contributed by atoms with Gasteiger partial charge in [0.05, 0.1) is 6.54 Å². The van der Waals surface area contributed by atoms with Crippen molar-refractivity contribution in [3.05, 3.63) is 34.3 Å². The van der Waals surface area contributed by atoms with Crippen LogP contribution in [0, 0.1) is 5.41 Å². The van der Waals surface area contributed by atoms with Crippen LogP contribution in [0.3, 0.4) is 0 Å². The van der Waals surface area contributed by atoms with E-state index in [2.05, 4.69) is 34.7 Å². The van der Waals surface area contributed by atoms with Crippen molar-refractivity contribution in [3.8, 4) is 0 Å². The maximum atomic E-state index is 12.3. The second kappa shape index (κ2) is 5.54. The van der Waals surface area contributed by atoms with Crippen LogP contribution in [0.4, 0.5) is 0 Å². The van der Waals surface area contributed by atoms with Gasteiger partial charge in [-0.1, -0.05) is 48.0 Å². The van der Waals surface area contributed by atoms with E-state index in [0.29, 0.717) is 12.0 Å². The highest BCUT2D eigenvalue weighted by molar-refractivity contribution is 9.10. The number of rotatable bonds is 3. The number of ketones is 1. The van der Waals surface area contributed by atoms with Gasteiger partial charge >= 0.3 is 0 Å². The third kappa shape index (κ3) is 3.42. The average Bonchev–Trinajstić information content (AvgIpc) is 2.28. The number of Topliss-reactive ketones (excluding diaryl/α,β-unsaturated/α-hetero) is 1. The molecule has 1 fully saturated rings. The van der Waals surface area contributed by atoms with Gasteiger partial charge < -0.3 is 0 Å². The van der Waals surface area contributed by atoms with E-state index in [1.807, 2.05) is 24.3 Å². The molecule has 0 saturated carbocycles. The van der Waals surface area contributed by atoms with Crippen molar-refractivity contribution >= 4 is 21.7 Å². The normalized spacial score (nSPS) is 19.7. The van der Waals surface area contributed by atoms with Crippen molar-refractivity contribution < 1.29 is 4.79 Å². The van der Waals surface area contributed by atoms with Crippen LogP contribution in [0.15, 0.2) is 28.7 Å². The van der Waals surface area contributed by atoms with Crippen LogP contribution in [0.25, 0.3) is 0 Å². The number of hydrogen-bond donors (Lipinski definition) is 0. The molecular formula is C15H20BrNO. The Morgan fingerprint density at radius 3 is 2.78 bits per heavy atom.